The maximum absolute atomic E-state index is 9.56. The zero-order chi connectivity index (χ0) is 10.8. The van der Waals surface area contributed by atoms with E-state index in [1.165, 1.54) is 27.7 Å². The Hall–Kier alpha value is 0.270. The molecule has 4 unspecified atom stereocenters. The van der Waals surface area contributed by atoms with Gasteiger partial charge in [0, 0.05) is 0 Å². The van der Waals surface area contributed by atoms with E-state index in [0.29, 0.717) is 0 Å². The van der Waals surface area contributed by atoms with Crippen molar-refractivity contribution in [1.82, 2.24) is 0 Å². The molecule has 0 aliphatic rings. The van der Waals surface area contributed by atoms with Gasteiger partial charge >= 0.3 is 78.8 Å². The van der Waals surface area contributed by atoms with E-state index in [1.807, 2.05) is 0 Å². The minimum absolute atomic E-state index is 0.840. The molecule has 0 heterocycles. The molecule has 0 amide bonds. The second-order valence-corrected chi connectivity index (χ2v) is 9.05. The van der Waals surface area contributed by atoms with Crippen LogP contribution in [0, 0.1) is 0 Å². The summed E-state index contributed by atoms with van der Waals surface area (Å²) in [7, 11) is -2.88. The van der Waals surface area contributed by atoms with E-state index in [-0.39, 0.29) is 0 Å². The standard InChI is InChI=1S/C8H21O4P/c1-5(9)13(6(2)10,7(3)11)8(4)12/h5-13H,1-4H3. The summed E-state index contributed by atoms with van der Waals surface area (Å²) in [6.45, 7) is 6.05. The predicted octanol–water partition coefficient (Wildman–Crippen LogP) is 0.0895. The molecule has 0 bridgehead atoms. The molecule has 0 rings (SSSR count). The normalized spacial score (nSPS) is 23.4. The van der Waals surface area contributed by atoms with Crippen LogP contribution < -0.4 is 0 Å². The molecule has 0 aromatic heterocycles. The molecule has 0 aromatic carbocycles. The van der Waals surface area contributed by atoms with Gasteiger partial charge in [-0.3, -0.25) is 0 Å². The van der Waals surface area contributed by atoms with Gasteiger partial charge in [-0.2, -0.15) is 0 Å². The summed E-state index contributed by atoms with van der Waals surface area (Å²) in [6.07, 6.45) is 0. The molecule has 4 nitrogen and oxygen atoms in total. The summed E-state index contributed by atoms with van der Waals surface area (Å²) in [5.74, 6) is -3.36. The first-order chi connectivity index (χ1) is 5.77. The Balaban J connectivity index is 5.06. The van der Waals surface area contributed by atoms with Gasteiger partial charge in [-0.05, 0) is 0 Å². The van der Waals surface area contributed by atoms with Gasteiger partial charge in [0.1, 0.15) is 0 Å². The van der Waals surface area contributed by atoms with Crippen molar-refractivity contribution in [2.24, 2.45) is 0 Å². The Morgan fingerprint density at radius 3 is 0.769 bits per heavy atom. The molecule has 13 heavy (non-hydrogen) atoms. The molecule has 0 fully saturated rings. The number of aliphatic hydroxyl groups excluding tert-OH is 4. The molecule has 0 saturated carbocycles. The van der Waals surface area contributed by atoms with Crippen LogP contribution in [0.1, 0.15) is 27.7 Å². The molecule has 0 aliphatic carbocycles. The maximum atomic E-state index is 9.56. The van der Waals surface area contributed by atoms with Crippen LogP contribution in [0.5, 0.6) is 0 Å². The van der Waals surface area contributed by atoms with Crippen molar-refractivity contribution < 1.29 is 20.4 Å². The number of aliphatic hydroxyl groups is 4. The zero-order valence-electron chi connectivity index (χ0n) is 8.60. The monoisotopic (exact) mass is 212 g/mol. The molecule has 4 N–H and O–H groups in total. The Morgan fingerprint density at radius 2 is 0.769 bits per heavy atom. The number of hydrogen-bond acceptors (Lipinski definition) is 4. The van der Waals surface area contributed by atoms with Crippen LogP contribution in [0.2, 0.25) is 0 Å². The van der Waals surface area contributed by atoms with Crippen molar-refractivity contribution in [2.75, 3.05) is 0 Å². The van der Waals surface area contributed by atoms with Gasteiger partial charge in [-0.25, -0.2) is 0 Å². The van der Waals surface area contributed by atoms with Crippen LogP contribution in [0.4, 0.5) is 0 Å². The molecule has 0 radical (unpaired) electrons. The summed E-state index contributed by atoms with van der Waals surface area (Å²) in [5, 5.41) is 38.2. The molecular formula is C8H21O4P. The average Bonchev–Trinajstić information content (AvgIpc) is 1.82. The third-order valence-electron chi connectivity index (χ3n) is 2.89. The summed E-state index contributed by atoms with van der Waals surface area (Å²) < 4.78 is 0. The topological polar surface area (TPSA) is 80.9 Å². The SMILES string of the molecule is CC(O)[PH](C(C)O)(C(C)O)C(C)O. The number of rotatable bonds is 4. The quantitative estimate of drug-likeness (QED) is 0.498. The van der Waals surface area contributed by atoms with Crippen molar-refractivity contribution >= 4 is 7.26 Å². The van der Waals surface area contributed by atoms with E-state index in [9.17, 15) is 20.4 Å². The molecule has 82 valence electrons. The van der Waals surface area contributed by atoms with Crippen molar-refractivity contribution in [3.63, 3.8) is 0 Å². The first kappa shape index (κ1) is 13.3. The fraction of sp³-hybridized carbons (Fsp3) is 1.00. The van der Waals surface area contributed by atoms with Crippen molar-refractivity contribution in [2.45, 2.75) is 51.1 Å². The third-order valence-corrected chi connectivity index (χ3v) is 8.68. The number of hydrogen-bond donors (Lipinski definition) is 4. The van der Waals surface area contributed by atoms with Crippen LogP contribution >= 0.6 is 7.26 Å². The van der Waals surface area contributed by atoms with Crippen molar-refractivity contribution in [3.8, 4) is 0 Å². The summed E-state index contributed by atoms with van der Waals surface area (Å²) in [6, 6.07) is 0. The summed E-state index contributed by atoms with van der Waals surface area (Å²) in [4.78, 5) is 0. The molecule has 0 aliphatic heterocycles. The van der Waals surface area contributed by atoms with Crippen LogP contribution in [-0.2, 0) is 0 Å². The van der Waals surface area contributed by atoms with Gasteiger partial charge in [-0.15, -0.1) is 0 Å². The fourth-order valence-corrected chi connectivity index (χ4v) is 6.28. The summed E-state index contributed by atoms with van der Waals surface area (Å²) in [5.41, 5.74) is 0. The third kappa shape index (κ3) is 2.20. The average molecular weight is 212 g/mol. The van der Waals surface area contributed by atoms with Gasteiger partial charge in [0.2, 0.25) is 0 Å². The first-order valence-electron chi connectivity index (χ1n) is 4.50. The van der Waals surface area contributed by atoms with Crippen molar-refractivity contribution in [1.29, 1.82) is 0 Å². The van der Waals surface area contributed by atoms with E-state index >= 15 is 0 Å². The van der Waals surface area contributed by atoms with Gasteiger partial charge in [0.05, 0.1) is 0 Å². The van der Waals surface area contributed by atoms with E-state index in [1.54, 1.807) is 0 Å². The van der Waals surface area contributed by atoms with Crippen LogP contribution in [0.3, 0.4) is 0 Å². The molecule has 0 saturated heterocycles. The van der Waals surface area contributed by atoms with Crippen LogP contribution in [0.15, 0.2) is 0 Å². The Bertz CT molecular complexity index is 119. The molecule has 0 aromatic rings. The second-order valence-electron chi connectivity index (χ2n) is 3.70. The van der Waals surface area contributed by atoms with Gasteiger partial charge in [0.15, 0.2) is 0 Å². The van der Waals surface area contributed by atoms with Crippen LogP contribution in [-0.4, -0.2) is 43.8 Å². The van der Waals surface area contributed by atoms with Gasteiger partial charge in [-0.1, -0.05) is 0 Å². The Kier molecular flexibility index (Phi) is 4.77. The van der Waals surface area contributed by atoms with E-state index in [0.717, 1.165) is 0 Å². The van der Waals surface area contributed by atoms with Crippen LogP contribution in [0.25, 0.3) is 0 Å². The molecular weight excluding hydrogens is 191 g/mol. The molecule has 5 heteroatoms. The van der Waals surface area contributed by atoms with E-state index < -0.39 is 30.6 Å². The Morgan fingerprint density at radius 1 is 0.615 bits per heavy atom. The summed E-state index contributed by atoms with van der Waals surface area (Å²) >= 11 is 0. The second kappa shape index (κ2) is 4.67. The van der Waals surface area contributed by atoms with Gasteiger partial charge < -0.3 is 0 Å². The predicted molar refractivity (Wildman–Crippen MR) is 55.0 cm³/mol. The first-order valence-corrected chi connectivity index (χ1v) is 6.81. The Labute approximate surface area is 79.6 Å². The van der Waals surface area contributed by atoms with Crippen molar-refractivity contribution in [3.05, 3.63) is 0 Å². The van der Waals surface area contributed by atoms with E-state index in [4.69, 9.17) is 0 Å². The molecule has 4 atom stereocenters. The van der Waals surface area contributed by atoms with Gasteiger partial charge in [0.25, 0.3) is 0 Å². The minimum atomic E-state index is -2.88. The fourth-order valence-electron chi connectivity index (χ4n) is 2.09. The zero-order valence-corrected chi connectivity index (χ0v) is 9.60. The molecule has 0 spiro atoms. The van der Waals surface area contributed by atoms with E-state index in [2.05, 4.69) is 0 Å².